The Labute approximate surface area is 120 Å². The largest absolute Gasteiger partial charge is 0.309 e. The Kier molecular flexibility index (Phi) is 4.85. The van der Waals surface area contributed by atoms with Crippen molar-refractivity contribution in [1.29, 1.82) is 0 Å². The molecule has 2 heteroatoms. The van der Waals surface area contributed by atoms with Crippen LogP contribution in [-0.4, -0.2) is 32.7 Å². The first-order valence-electron chi connectivity index (χ1n) is 7.75. The van der Waals surface area contributed by atoms with E-state index in [0.29, 0.717) is 0 Å². The molecule has 0 amide bonds. The van der Waals surface area contributed by atoms with Crippen LogP contribution in [0.3, 0.4) is 0 Å². The number of hydrogen-bond acceptors (Lipinski definition) is 1. The molecule has 1 atom stereocenters. The molecule has 0 saturated heterocycles. The van der Waals surface area contributed by atoms with E-state index in [9.17, 15) is 0 Å². The molecule has 1 aliphatic carbocycles. The zero-order valence-corrected chi connectivity index (χ0v) is 14.0. The summed E-state index contributed by atoms with van der Waals surface area (Å²) in [5.41, 5.74) is 0.773. The third kappa shape index (κ3) is 3.29. The van der Waals surface area contributed by atoms with Crippen LogP contribution in [0.4, 0.5) is 0 Å². The van der Waals surface area contributed by atoms with Gasteiger partial charge in [-0.1, -0.05) is 67.9 Å². The molecule has 1 fully saturated rings. The van der Waals surface area contributed by atoms with E-state index >= 15 is 0 Å². The Hall–Kier alpha value is -0.603. The third-order valence-electron chi connectivity index (χ3n) is 4.91. The lowest BCUT2D eigenvalue weighted by atomic mass is 9.88. The molecule has 1 saturated carbocycles. The Morgan fingerprint density at radius 2 is 1.58 bits per heavy atom. The van der Waals surface area contributed by atoms with Gasteiger partial charge in [-0.3, -0.25) is 0 Å². The van der Waals surface area contributed by atoms with Gasteiger partial charge < -0.3 is 4.90 Å². The molecule has 0 spiro atoms. The fourth-order valence-electron chi connectivity index (χ4n) is 4.14. The van der Waals surface area contributed by atoms with Crippen LogP contribution in [0.15, 0.2) is 30.3 Å². The van der Waals surface area contributed by atoms with Crippen LogP contribution in [0.5, 0.6) is 0 Å². The predicted molar refractivity (Wildman–Crippen MR) is 87.6 cm³/mol. The number of benzene rings is 1. The Morgan fingerprint density at radius 3 is 2.11 bits per heavy atom. The van der Waals surface area contributed by atoms with Crippen molar-refractivity contribution in [2.75, 3.05) is 14.1 Å². The van der Waals surface area contributed by atoms with Crippen molar-refractivity contribution in [3.63, 3.8) is 0 Å². The van der Waals surface area contributed by atoms with Crippen molar-refractivity contribution in [2.45, 2.75) is 50.9 Å². The highest BCUT2D eigenvalue weighted by atomic mass is 28.3. The average Bonchev–Trinajstić information content (AvgIpc) is 2.40. The zero-order chi connectivity index (χ0) is 13.9. The lowest BCUT2D eigenvalue weighted by Crippen LogP contribution is -2.61. The molecule has 1 aliphatic rings. The third-order valence-corrected chi connectivity index (χ3v) is 9.20. The van der Waals surface area contributed by atoms with Gasteiger partial charge in [0.2, 0.25) is 0 Å². The van der Waals surface area contributed by atoms with Crippen molar-refractivity contribution in [3.05, 3.63) is 30.3 Å². The summed E-state index contributed by atoms with van der Waals surface area (Å²) < 4.78 is 0. The maximum Gasteiger partial charge on any atom is 0.0990 e. The fraction of sp³-hybridized carbons (Fsp3) is 0.647. The molecule has 1 aromatic rings. The van der Waals surface area contributed by atoms with Crippen molar-refractivity contribution in [1.82, 2.24) is 4.90 Å². The highest BCUT2D eigenvalue weighted by Gasteiger charge is 2.40. The van der Waals surface area contributed by atoms with Crippen LogP contribution in [0.25, 0.3) is 0 Å². The summed E-state index contributed by atoms with van der Waals surface area (Å²) in [5.74, 6) is 0.908. The number of hydrogen-bond donors (Lipinski definition) is 0. The van der Waals surface area contributed by atoms with Crippen LogP contribution in [0.1, 0.15) is 32.1 Å². The molecule has 0 bridgehead atoms. The second kappa shape index (κ2) is 6.23. The first-order chi connectivity index (χ1) is 9.03. The summed E-state index contributed by atoms with van der Waals surface area (Å²) in [6, 6.07) is 11.3. The van der Waals surface area contributed by atoms with E-state index < -0.39 is 8.07 Å². The normalized spacial score (nSPS) is 19.6. The maximum absolute atomic E-state index is 2.56. The molecular weight excluding hydrogens is 246 g/mol. The van der Waals surface area contributed by atoms with Gasteiger partial charge >= 0.3 is 0 Å². The zero-order valence-electron chi connectivity index (χ0n) is 13.0. The van der Waals surface area contributed by atoms with Gasteiger partial charge in [0.1, 0.15) is 0 Å². The van der Waals surface area contributed by atoms with E-state index in [1.807, 2.05) is 0 Å². The Bertz CT molecular complexity index is 380. The quantitative estimate of drug-likeness (QED) is 0.758. The summed E-state index contributed by atoms with van der Waals surface area (Å²) in [5, 5.41) is 1.61. The van der Waals surface area contributed by atoms with Gasteiger partial charge in [-0.05, 0) is 32.9 Å². The lowest BCUT2D eigenvalue weighted by molar-refractivity contribution is 0.224. The second-order valence-corrected chi connectivity index (χ2v) is 11.5. The van der Waals surface area contributed by atoms with E-state index in [1.165, 1.54) is 32.1 Å². The molecule has 0 heterocycles. The molecule has 0 radical (unpaired) electrons. The molecule has 106 valence electrons. The first-order valence-corrected chi connectivity index (χ1v) is 10.8. The number of nitrogens with zero attached hydrogens (tertiary/aromatic N) is 1. The summed E-state index contributed by atoms with van der Waals surface area (Å²) in [4.78, 5) is 2.52. The molecule has 1 unspecified atom stereocenters. The summed E-state index contributed by atoms with van der Waals surface area (Å²) in [6.45, 7) is 5.11. The fourth-order valence-corrected chi connectivity index (χ4v) is 8.34. The van der Waals surface area contributed by atoms with Gasteiger partial charge in [-0.25, -0.2) is 0 Å². The molecule has 19 heavy (non-hydrogen) atoms. The highest BCUT2D eigenvalue weighted by molar-refractivity contribution is 6.91. The summed E-state index contributed by atoms with van der Waals surface area (Å²) in [6.07, 6.45) is 7.20. The van der Waals surface area contributed by atoms with Crippen LogP contribution in [0.2, 0.25) is 13.1 Å². The van der Waals surface area contributed by atoms with Gasteiger partial charge in [0.15, 0.2) is 0 Å². The molecule has 0 N–H and O–H groups in total. The molecule has 1 nitrogen and oxygen atoms in total. The summed E-state index contributed by atoms with van der Waals surface area (Å²) >= 11 is 0. The van der Waals surface area contributed by atoms with Gasteiger partial charge in [-0.2, -0.15) is 0 Å². The highest BCUT2D eigenvalue weighted by Crippen LogP contribution is 2.32. The minimum atomic E-state index is -1.43. The molecular formula is C17H29NSi. The monoisotopic (exact) mass is 275 g/mol. The number of rotatable bonds is 4. The van der Waals surface area contributed by atoms with Crippen LogP contribution < -0.4 is 5.19 Å². The van der Waals surface area contributed by atoms with E-state index in [2.05, 4.69) is 62.4 Å². The molecule has 0 aromatic heterocycles. The van der Waals surface area contributed by atoms with Crippen LogP contribution in [0, 0.1) is 5.92 Å². The minimum Gasteiger partial charge on any atom is -0.309 e. The topological polar surface area (TPSA) is 3.24 Å². The minimum absolute atomic E-state index is 0.773. The summed E-state index contributed by atoms with van der Waals surface area (Å²) in [7, 11) is 3.14. The standard InChI is InChI=1S/C17H29NSi/c1-18(2)17(15-11-7-5-8-12-15)19(3,4)16-13-9-6-10-14-16/h6,9-10,13-15,17H,5,7-8,11-12H2,1-4H3. The van der Waals surface area contributed by atoms with Gasteiger partial charge in [-0.15, -0.1) is 0 Å². The SMILES string of the molecule is CN(C)C(C1CCCCC1)[Si](C)(C)c1ccccc1. The lowest BCUT2D eigenvalue weighted by Gasteiger charge is -2.44. The Morgan fingerprint density at radius 1 is 1.00 bits per heavy atom. The van der Waals surface area contributed by atoms with Gasteiger partial charge in [0.25, 0.3) is 0 Å². The smallest absolute Gasteiger partial charge is 0.0990 e. The van der Waals surface area contributed by atoms with Crippen molar-refractivity contribution in [3.8, 4) is 0 Å². The predicted octanol–water partition coefficient (Wildman–Crippen LogP) is 3.65. The van der Waals surface area contributed by atoms with Gasteiger partial charge in [0.05, 0.1) is 8.07 Å². The van der Waals surface area contributed by atoms with Crippen molar-refractivity contribution >= 4 is 13.3 Å². The molecule has 0 aliphatic heterocycles. The first kappa shape index (κ1) is 14.8. The van der Waals surface area contributed by atoms with Gasteiger partial charge in [0, 0.05) is 5.67 Å². The second-order valence-electron chi connectivity index (χ2n) is 6.89. The van der Waals surface area contributed by atoms with E-state index in [4.69, 9.17) is 0 Å². The molecule has 1 aromatic carbocycles. The van der Waals surface area contributed by atoms with Crippen molar-refractivity contribution < 1.29 is 0 Å². The maximum atomic E-state index is 2.56. The molecule has 2 rings (SSSR count). The van der Waals surface area contributed by atoms with E-state index in [1.54, 1.807) is 5.19 Å². The average molecular weight is 276 g/mol. The van der Waals surface area contributed by atoms with E-state index in [0.717, 1.165) is 11.6 Å². The van der Waals surface area contributed by atoms with Crippen molar-refractivity contribution in [2.24, 2.45) is 5.92 Å². The Balaban J connectivity index is 2.27. The van der Waals surface area contributed by atoms with Crippen LogP contribution >= 0.6 is 0 Å². The van der Waals surface area contributed by atoms with Crippen LogP contribution in [-0.2, 0) is 0 Å². The van der Waals surface area contributed by atoms with E-state index in [-0.39, 0.29) is 0 Å².